The van der Waals surface area contributed by atoms with Gasteiger partial charge in [0.25, 0.3) is 0 Å². The molecule has 0 spiro atoms. The predicted molar refractivity (Wildman–Crippen MR) is 91.7 cm³/mol. The third kappa shape index (κ3) is 3.63. The molecule has 3 rings (SSSR count). The zero-order chi connectivity index (χ0) is 16.4. The number of ether oxygens (including phenoxy) is 1. The average Bonchev–Trinajstić information content (AvgIpc) is 2.89. The zero-order valence-electron chi connectivity index (χ0n) is 14.6. The van der Waals surface area contributed by atoms with Gasteiger partial charge in [0.1, 0.15) is 11.6 Å². The van der Waals surface area contributed by atoms with E-state index in [1.807, 2.05) is 17.9 Å². The third-order valence-corrected chi connectivity index (χ3v) is 4.36. The lowest BCUT2D eigenvalue weighted by Crippen LogP contribution is -2.21. The molecule has 1 atom stereocenters. The minimum atomic E-state index is -0.0912. The predicted octanol–water partition coefficient (Wildman–Crippen LogP) is 2.89. The Balaban J connectivity index is 1.78. The van der Waals surface area contributed by atoms with Crippen LogP contribution in [0.15, 0.2) is 6.20 Å². The number of hydrogen-bond donors (Lipinski definition) is 1. The molecule has 0 saturated carbocycles. The highest BCUT2D eigenvalue weighted by Gasteiger charge is 2.21. The van der Waals surface area contributed by atoms with E-state index in [9.17, 15) is 0 Å². The zero-order valence-corrected chi connectivity index (χ0v) is 14.6. The van der Waals surface area contributed by atoms with Crippen molar-refractivity contribution in [3.8, 4) is 0 Å². The molecule has 1 aliphatic rings. The summed E-state index contributed by atoms with van der Waals surface area (Å²) in [5, 5.41) is 8.82. The Hall–Kier alpha value is -1.69. The molecule has 6 nitrogen and oxygen atoms in total. The quantitative estimate of drug-likeness (QED) is 0.939. The molecule has 0 unspecified atom stereocenters. The molecule has 2 aromatic rings. The standard InChI is InChI=1S/C17H27N5O/c1-17(2,3)16-20-14(13-10-19-22(4)15(13)21-16)18-8-7-12-6-5-9-23-11-12/h10,12H,5-9,11H2,1-4H3,(H,18,20,21)/t12-/m0/s1. The van der Waals surface area contributed by atoms with Gasteiger partial charge in [0.15, 0.2) is 5.65 Å². The van der Waals surface area contributed by atoms with Crippen molar-refractivity contribution in [2.75, 3.05) is 25.1 Å². The van der Waals surface area contributed by atoms with Crippen molar-refractivity contribution in [2.24, 2.45) is 13.0 Å². The minimum absolute atomic E-state index is 0.0912. The summed E-state index contributed by atoms with van der Waals surface area (Å²) >= 11 is 0. The van der Waals surface area contributed by atoms with E-state index >= 15 is 0 Å². The van der Waals surface area contributed by atoms with Gasteiger partial charge >= 0.3 is 0 Å². The van der Waals surface area contributed by atoms with Crippen LogP contribution in [0.2, 0.25) is 0 Å². The molecule has 1 N–H and O–H groups in total. The topological polar surface area (TPSA) is 64.9 Å². The van der Waals surface area contributed by atoms with E-state index in [0.29, 0.717) is 5.92 Å². The molecule has 0 aromatic carbocycles. The van der Waals surface area contributed by atoms with Crippen LogP contribution in [-0.2, 0) is 17.2 Å². The van der Waals surface area contributed by atoms with E-state index in [2.05, 4.69) is 31.2 Å². The SMILES string of the molecule is Cn1ncc2c(NCC[C@@H]3CCCOC3)nc(C(C)(C)C)nc21. The molecular formula is C17H27N5O. The highest BCUT2D eigenvalue weighted by Crippen LogP contribution is 2.26. The van der Waals surface area contributed by atoms with E-state index in [4.69, 9.17) is 14.7 Å². The van der Waals surface area contributed by atoms with Gasteiger partial charge in [-0.15, -0.1) is 0 Å². The summed E-state index contributed by atoms with van der Waals surface area (Å²) in [6, 6.07) is 0. The van der Waals surface area contributed by atoms with Gasteiger partial charge in [-0.05, 0) is 25.2 Å². The highest BCUT2D eigenvalue weighted by atomic mass is 16.5. The lowest BCUT2D eigenvalue weighted by molar-refractivity contribution is 0.0530. The van der Waals surface area contributed by atoms with Crippen LogP contribution in [0.3, 0.4) is 0 Å². The monoisotopic (exact) mass is 317 g/mol. The highest BCUT2D eigenvalue weighted by molar-refractivity contribution is 5.86. The van der Waals surface area contributed by atoms with Gasteiger partial charge in [-0.1, -0.05) is 20.8 Å². The van der Waals surface area contributed by atoms with Crippen molar-refractivity contribution in [3.63, 3.8) is 0 Å². The van der Waals surface area contributed by atoms with Gasteiger partial charge in [0.05, 0.1) is 11.6 Å². The van der Waals surface area contributed by atoms with Crippen LogP contribution in [0.5, 0.6) is 0 Å². The Kier molecular flexibility index (Phi) is 4.53. The second-order valence-corrected chi connectivity index (χ2v) is 7.45. The second kappa shape index (κ2) is 6.43. The molecule has 126 valence electrons. The van der Waals surface area contributed by atoms with Gasteiger partial charge in [-0.25, -0.2) is 9.97 Å². The molecule has 0 radical (unpaired) electrons. The fraction of sp³-hybridized carbons (Fsp3) is 0.706. The summed E-state index contributed by atoms with van der Waals surface area (Å²) in [5.41, 5.74) is 0.792. The van der Waals surface area contributed by atoms with E-state index in [0.717, 1.165) is 48.9 Å². The number of aromatic nitrogens is 4. The third-order valence-electron chi connectivity index (χ3n) is 4.36. The molecule has 0 bridgehead atoms. The fourth-order valence-corrected chi connectivity index (χ4v) is 2.92. The summed E-state index contributed by atoms with van der Waals surface area (Å²) in [4.78, 5) is 9.46. The maximum absolute atomic E-state index is 5.56. The second-order valence-electron chi connectivity index (χ2n) is 7.45. The van der Waals surface area contributed by atoms with Crippen LogP contribution < -0.4 is 5.32 Å². The molecule has 3 heterocycles. The Labute approximate surface area is 137 Å². The molecule has 1 aliphatic heterocycles. The van der Waals surface area contributed by atoms with Gasteiger partial charge < -0.3 is 10.1 Å². The van der Waals surface area contributed by atoms with Crippen molar-refractivity contribution in [1.82, 2.24) is 19.7 Å². The smallest absolute Gasteiger partial charge is 0.163 e. The van der Waals surface area contributed by atoms with Crippen LogP contribution in [0.1, 0.15) is 45.9 Å². The maximum Gasteiger partial charge on any atom is 0.163 e. The minimum Gasteiger partial charge on any atom is -0.381 e. The van der Waals surface area contributed by atoms with Crippen LogP contribution in [0, 0.1) is 5.92 Å². The first-order chi connectivity index (χ1) is 10.9. The van der Waals surface area contributed by atoms with Crippen LogP contribution in [-0.4, -0.2) is 39.5 Å². The Bertz CT molecular complexity index is 667. The van der Waals surface area contributed by atoms with E-state index < -0.39 is 0 Å². The molecule has 6 heteroatoms. The molecule has 0 amide bonds. The lowest BCUT2D eigenvalue weighted by Gasteiger charge is -2.22. The van der Waals surface area contributed by atoms with Gasteiger partial charge in [-0.2, -0.15) is 5.10 Å². The first-order valence-electron chi connectivity index (χ1n) is 8.47. The first-order valence-corrected chi connectivity index (χ1v) is 8.47. The Morgan fingerprint density at radius 1 is 1.35 bits per heavy atom. The largest absolute Gasteiger partial charge is 0.381 e. The number of nitrogens with one attached hydrogen (secondary N) is 1. The number of fused-ring (bicyclic) bond motifs is 1. The van der Waals surface area contributed by atoms with Gasteiger partial charge in [-0.3, -0.25) is 4.68 Å². The summed E-state index contributed by atoms with van der Waals surface area (Å²) < 4.78 is 7.37. The average molecular weight is 317 g/mol. The van der Waals surface area contributed by atoms with Gasteiger partial charge in [0, 0.05) is 32.2 Å². The lowest BCUT2D eigenvalue weighted by atomic mass is 9.95. The van der Waals surface area contributed by atoms with Crippen LogP contribution >= 0.6 is 0 Å². The molecule has 1 fully saturated rings. The van der Waals surface area contributed by atoms with Gasteiger partial charge in [0.2, 0.25) is 0 Å². The van der Waals surface area contributed by atoms with Crippen LogP contribution in [0.25, 0.3) is 11.0 Å². The normalized spacial score (nSPS) is 19.2. The summed E-state index contributed by atoms with van der Waals surface area (Å²) in [5.74, 6) is 2.39. The van der Waals surface area contributed by atoms with Crippen LogP contribution in [0.4, 0.5) is 5.82 Å². The van der Waals surface area contributed by atoms with E-state index in [1.165, 1.54) is 12.8 Å². The number of anilines is 1. The number of aryl methyl sites for hydroxylation is 1. The number of rotatable bonds is 4. The maximum atomic E-state index is 5.56. The van der Waals surface area contributed by atoms with E-state index in [1.54, 1.807) is 0 Å². The summed E-state index contributed by atoms with van der Waals surface area (Å²) in [6.45, 7) is 9.11. The Morgan fingerprint density at radius 3 is 2.87 bits per heavy atom. The summed E-state index contributed by atoms with van der Waals surface area (Å²) in [6.07, 6.45) is 5.39. The number of nitrogens with zero attached hydrogens (tertiary/aromatic N) is 4. The van der Waals surface area contributed by atoms with Crippen molar-refractivity contribution in [3.05, 3.63) is 12.0 Å². The van der Waals surface area contributed by atoms with Crippen molar-refractivity contribution in [2.45, 2.75) is 45.4 Å². The summed E-state index contributed by atoms with van der Waals surface area (Å²) in [7, 11) is 1.92. The first kappa shape index (κ1) is 16.2. The fourth-order valence-electron chi connectivity index (χ4n) is 2.92. The molecule has 23 heavy (non-hydrogen) atoms. The molecular weight excluding hydrogens is 290 g/mol. The number of hydrogen-bond acceptors (Lipinski definition) is 5. The van der Waals surface area contributed by atoms with Crippen molar-refractivity contribution < 1.29 is 4.74 Å². The Morgan fingerprint density at radius 2 is 2.17 bits per heavy atom. The van der Waals surface area contributed by atoms with E-state index in [-0.39, 0.29) is 5.41 Å². The van der Waals surface area contributed by atoms with Crippen molar-refractivity contribution >= 4 is 16.9 Å². The molecule has 1 saturated heterocycles. The molecule has 0 aliphatic carbocycles. The molecule has 2 aromatic heterocycles. The van der Waals surface area contributed by atoms with Crippen molar-refractivity contribution in [1.29, 1.82) is 0 Å².